The van der Waals surface area contributed by atoms with E-state index in [1.807, 2.05) is 65.7 Å². The van der Waals surface area contributed by atoms with Crippen molar-refractivity contribution in [3.8, 4) is 22.6 Å². The summed E-state index contributed by atoms with van der Waals surface area (Å²) in [5.41, 5.74) is 14.9. The number of aromatic nitrogens is 1. The Hall–Kier alpha value is -3.55. The number of benzene rings is 2. The van der Waals surface area contributed by atoms with Gasteiger partial charge in [0.25, 0.3) is 0 Å². The Bertz CT molecular complexity index is 1170. The van der Waals surface area contributed by atoms with Crippen LogP contribution >= 0.6 is 0 Å². The Morgan fingerprint density at radius 2 is 1.85 bits per heavy atom. The molecule has 2 aliphatic heterocycles. The first-order valence-electron chi connectivity index (χ1n) is 11.2. The van der Waals surface area contributed by atoms with Crippen molar-refractivity contribution in [2.75, 3.05) is 25.4 Å². The van der Waals surface area contributed by atoms with Gasteiger partial charge in [0.1, 0.15) is 17.3 Å². The van der Waals surface area contributed by atoms with Gasteiger partial charge < -0.3 is 24.7 Å². The first-order valence-corrected chi connectivity index (χ1v) is 11.2. The molecule has 7 heteroatoms. The number of anilines is 1. The number of nitrogens with two attached hydrogens (primary N) is 2. The maximum Gasteiger partial charge on any atom is 0.246 e. The molecule has 1 amide bonds. The molecule has 2 atom stereocenters. The molecule has 0 saturated carbocycles. The molecule has 2 aromatic carbocycles. The number of carbonyl (C=O) groups excluding carboxylic acids is 1. The number of rotatable bonds is 6. The summed E-state index contributed by atoms with van der Waals surface area (Å²) >= 11 is 0. The minimum Gasteiger partial charge on any atom is -0.457 e. The summed E-state index contributed by atoms with van der Waals surface area (Å²) in [6.45, 7) is 5.36. The van der Waals surface area contributed by atoms with Gasteiger partial charge in [0.15, 0.2) is 5.72 Å². The van der Waals surface area contributed by atoms with Crippen LogP contribution in [0.4, 0.5) is 5.82 Å². The van der Waals surface area contributed by atoms with Gasteiger partial charge in [-0.05, 0) is 48.7 Å². The van der Waals surface area contributed by atoms with Crippen molar-refractivity contribution in [3.05, 3.63) is 79.0 Å². The molecule has 3 heterocycles. The van der Waals surface area contributed by atoms with Crippen LogP contribution in [0.2, 0.25) is 0 Å². The van der Waals surface area contributed by atoms with E-state index in [-0.39, 0.29) is 11.9 Å². The van der Waals surface area contributed by atoms with Crippen LogP contribution in [0.5, 0.6) is 11.5 Å². The molecule has 0 radical (unpaired) electrons. The number of likely N-dealkylation sites (tertiary alicyclic amines) is 1. The van der Waals surface area contributed by atoms with E-state index in [0.717, 1.165) is 47.6 Å². The first-order chi connectivity index (χ1) is 16.0. The molecule has 33 heavy (non-hydrogen) atoms. The maximum atomic E-state index is 12.2. The van der Waals surface area contributed by atoms with Crippen LogP contribution in [-0.2, 0) is 15.3 Å². The number of ether oxygens (including phenoxy) is 2. The third-order valence-electron chi connectivity index (χ3n) is 6.37. The zero-order valence-corrected chi connectivity index (χ0v) is 18.4. The lowest BCUT2D eigenvalue weighted by Crippen LogP contribution is -2.40. The van der Waals surface area contributed by atoms with Gasteiger partial charge in [0.2, 0.25) is 5.91 Å². The molecule has 0 aliphatic carbocycles. The monoisotopic (exact) mass is 444 g/mol. The highest BCUT2D eigenvalue weighted by Crippen LogP contribution is 2.45. The summed E-state index contributed by atoms with van der Waals surface area (Å²) < 4.78 is 13.6. The molecule has 3 aromatic rings. The fourth-order valence-corrected chi connectivity index (χ4v) is 4.57. The number of hydrogen-bond donors (Lipinski definition) is 2. The predicted octanol–water partition coefficient (Wildman–Crippen LogP) is 4.02. The summed E-state index contributed by atoms with van der Waals surface area (Å²) in [7, 11) is 0. The average molecular weight is 445 g/mol. The van der Waals surface area contributed by atoms with Gasteiger partial charge in [-0.25, -0.2) is 0 Å². The van der Waals surface area contributed by atoms with Gasteiger partial charge in [-0.3, -0.25) is 10.5 Å². The van der Waals surface area contributed by atoms with Crippen LogP contribution < -0.4 is 16.2 Å². The zero-order chi connectivity index (χ0) is 23.0. The van der Waals surface area contributed by atoms with E-state index in [9.17, 15) is 4.79 Å². The second kappa shape index (κ2) is 8.42. The van der Waals surface area contributed by atoms with E-state index < -0.39 is 5.72 Å². The number of carbonyl (C=O) groups is 1. The van der Waals surface area contributed by atoms with Crippen LogP contribution in [0, 0.1) is 0 Å². The van der Waals surface area contributed by atoms with E-state index in [0.29, 0.717) is 19.0 Å². The smallest absolute Gasteiger partial charge is 0.246 e. The Morgan fingerprint density at radius 3 is 2.52 bits per heavy atom. The molecule has 7 nitrogen and oxygen atoms in total. The lowest BCUT2D eigenvalue weighted by molar-refractivity contribution is -0.127. The van der Waals surface area contributed by atoms with Gasteiger partial charge in [0, 0.05) is 24.8 Å². The Kier molecular flexibility index (Phi) is 5.44. The van der Waals surface area contributed by atoms with Crippen molar-refractivity contribution in [2.45, 2.75) is 24.6 Å². The van der Waals surface area contributed by atoms with Gasteiger partial charge in [-0.2, -0.15) is 0 Å². The number of nitrogen functional groups attached to an aromatic ring is 1. The van der Waals surface area contributed by atoms with Gasteiger partial charge in [-0.15, -0.1) is 0 Å². The number of epoxide rings is 1. The van der Waals surface area contributed by atoms with E-state index in [1.165, 1.54) is 6.08 Å². The molecule has 5 rings (SSSR count). The molecular formula is C26H28N4O3. The summed E-state index contributed by atoms with van der Waals surface area (Å²) in [5, 5.41) is 0. The largest absolute Gasteiger partial charge is 0.457 e. The Labute approximate surface area is 193 Å². The van der Waals surface area contributed by atoms with E-state index in [1.54, 1.807) is 0 Å². The standard InChI is InChI=1S/C26H28N4O3/c1-2-23(31)29-14-6-7-19(15-29)30-16-22(24(25(30)27)26(28)17-32-26)18-10-12-21(13-11-18)33-20-8-4-3-5-9-20/h2-5,8-13,16,19H,1,6-7,14-15,17,27-28H2. The van der Waals surface area contributed by atoms with E-state index >= 15 is 0 Å². The summed E-state index contributed by atoms with van der Waals surface area (Å²) in [4.78, 5) is 14.0. The van der Waals surface area contributed by atoms with Crippen molar-refractivity contribution in [1.82, 2.24) is 9.47 Å². The topological polar surface area (TPSA) is 99.0 Å². The summed E-state index contributed by atoms with van der Waals surface area (Å²) in [5.74, 6) is 2.06. The fourth-order valence-electron chi connectivity index (χ4n) is 4.57. The third-order valence-corrected chi connectivity index (χ3v) is 6.37. The first kappa shape index (κ1) is 21.3. The van der Waals surface area contributed by atoms with Crippen molar-refractivity contribution in [3.63, 3.8) is 0 Å². The Morgan fingerprint density at radius 1 is 1.15 bits per heavy atom. The molecule has 0 spiro atoms. The fraction of sp³-hybridized carbons (Fsp3) is 0.269. The zero-order valence-electron chi connectivity index (χ0n) is 18.4. The van der Waals surface area contributed by atoms with Crippen LogP contribution in [0.3, 0.4) is 0 Å². The average Bonchev–Trinajstić information content (AvgIpc) is 3.49. The van der Waals surface area contributed by atoms with Crippen LogP contribution in [0.25, 0.3) is 11.1 Å². The highest BCUT2D eigenvalue weighted by atomic mass is 16.6. The quantitative estimate of drug-likeness (QED) is 0.442. The predicted molar refractivity (Wildman–Crippen MR) is 128 cm³/mol. The number of hydrogen-bond acceptors (Lipinski definition) is 5. The molecule has 2 saturated heterocycles. The Balaban J connectivity index is 1.46. The minimum absolute atomic E-state index is 0.0549. The second-order valence-corrected chi connectivity index (χ2v) is 8.61. The molecular weight excluding hydrogens is 416 g/mol. The van der Waals surface area contributed by atoms with Crippen LogP contribution in [-0.4, -0.2) is 35.1 Å². The van der Waals surface area contributed by atoms with E-state index in [4.69, 9.17) is 20.9 Å². The summed E-state index contributed by atoms with van der Waals surface area (Å²) in [6, 6.07) is 17.6. The normalized spacial score (nSPS) is 22.1. The molecule has 2 aliphatic rings. The van der Waals surface area contributed by atoms with Gasteiger partial charge >= 0.3 is 0 Å². The van der Waals surface area contributed by atoms with Crippen LogP contribution in [0.1, 0.15) is 24.4 Å². The minimum atomic E-state index is -0.880. The van der Waals surface area contributed by atoms with Gasteiger partial charge in [-0.1, -0.05) is 36.9 Å². The SMILES string of the molecule is C=CC(=O)N1CCCC(n2cc(-c3ccc(Oc4ccccc4)cc3)c(C3(N)CO3)c2N)C1. The van der Waals surface area contributed by atoms with Crippen molar-refractivity contribution < 1.29 is 14.3 Å². The van der Waals surface area contributed by atoms with Crippen molar-refractivity contribution in [1.29, 1.82) is 0 Å². The number of nitrogens with zero attached hydrogens (tertiary/aromatic N) is 2. The molecule has 2 unspecified atom stereocenters. The van der Waals surface area contributed by atoms with Crippen LogP contribution in [0.15, 0.2) is 73.4 Å². The molecule has 2 fully saturated rings. The van der Waals surface area contributed by atoms with Crippen molar-refractivity contribution in [2.24, 2.45) is 5.73 Å². The molecule has 1 aromatic heterocycles. The number of amides is 1. The maximum absolute atomic E-state index is 12.2. The number of para-hydroxylation sites is 1. The lowest BCUT2D eigenvalue weighted by atomic mass is 9.99. The molecule has 170 valence electrons. The second-order valence-electron chi connectivity index (χ2n) is 8.61. The number of piperidine rings is 1. The summed E-state index contributed by atoms with van der Waals surface area (Å²) in [6.07, 6.45) is 5.24. The van der Waals surface area contributed by atoms with Crippen molar-refractivity contribution >= 4 is 11.7 Å². The lowest BCUT2D eigenvalue weighted by Gasteiger charge is -2.33. The molecule has 0 bridgehead atoms. The highest BCUT2D eigenvalue weighted by Gasteiger charge is 2.47. The molecule has 4 N–H and O–H groups in total. The van der Waals surface area contributed by atoms with E-state index in [2.05, 4.69) is 11.1 Å². The highest BCUT2D eigenvalue weighted by molar-refractivity contribution is 5.87. The third kappa shape index (κ3) is 4.13. The van der Waals surface area contributed by atoms with Gasteiger partial charge in [0.05, 0.1) is 18.2 Å².